The summed E-state index contributed by atoms with van der Waals surface area (Å²) in [4.78, 5) is 0. The highest BCUT2D eigenvalue weighted by Gasteiger charge is 2.24. The normalized spacial score (nSPS) is 16.5. The lowest BCUT2D eigenvalue weighted by Crippen LogP contribution is -2.22. The lowest BCUT2D eigenvalue weighted by Gasteiger charge is -2.15. The molecule has 0 amide bonds. The van der Waals surface area contributed by atoms with Crippen molar-refractivity contribution in [3.63, 3.8) is 0 Å². The topological polar surface area (TPSA) is 35.2 Å². The Hall–Kier alpha value is -1.16. The lowest BCUT2D eigenvalue weighted by molar-refractivity contribution is 0.269. The van der Waals surface area contributed by atoms with Gasteiger partial charge < -0.3 is 10.5 Å². The van der Waals surface area contributed by atoms with E-state index in [1.165, 1.54) is 6.07 Å². The van der Waals surface area contributed by atoms with E-state index in [1.54, 1.807) is 6.92 Å². The van der Waals surface area contributed by atoms with Gasteiger partial charge in [0.25, 0.3) is 0 Å². The van der Waals surface area contributed by atoms with Crippen LogP contribution in [0, 0.1) is 24.5 Å². The Labute approximate surface area is 112 Å². The van der Waals surface area contributed by atoms with Gasteiger partial charge >= 0.3 is 0 Å². The smallest absolute Gasteiger partial charge is 0.191 e. The van der Waals surface area contributed by atoms with Gasteiger partial charge in [0.05, 0.1) is 6.61 Å². The molecule has 0 saturated heterocycles. The van der Waals surface area contributed by atoms with E-state index in [0.717, 1.165) is 19.3 Å². The second-order valence-corrected chi connectivity index (χ2v) is 5.41. The van der Waals surface area contributed by atoms with Gasteiger partial charge in [-0.1, -0.05) is 6.92 Å². The van der Waals surface area contributed by atoms with Crippen molar-refractivity contribution in [1.29, 1.82) is 0 Å². The van der Waals surface area contributed by atoms with Crippen LogP contribution in [-0.4, -0.2) is 12.6 Å². The summed E-state index contributed by atoms with van der Waals surface area (Å²) in [6, 6.07) is 1.28. The van der Waals surface area contributed by atoms with Crippen molar-refractivity contribution in [2.45, 2.75) is 45.6 Å². The summed E-state index contributed by atoms with van der Waals surface area (Å²) in [6.45, 7) is 4.01. The number of nitrogens with two attached hydrogens (primary N) is 1. The van der Waals surface area contributed by atoms with Crippen LogP contribution in [0.2, 0.25) is 0 Å². The molecule has 0 spiro atoms. The van der Waals surface area contributed by atoms with E-state index in [9.17, 15) is 8.78 Å². The second-order valence-electron chi connectivity index (χ2n) is 5.41. The molecule has 106 valence electrons. The summed E-state index contributed by atoms with van der Waals surface area (Å²) in [6.07, 6.45) is 3.44. The van der Waals surface area contributed by atoms with Gasteiger partial charge in [0.15, 0.2) is 17.4 Å². The average molecular weight is 269 g/mol. The summed E-state index contributed by atoms with van der Waals surface area (Å²) in [5, 5.41) is 0. The van der Waals surface area contributed by atoms with Gasteiger partial charge in [-0.25, -0.2) is 8.78 Å². The van der Waals surface area contributed by atoms with E-state index in [-0.39, 0.29) is 11.8 Å². The lowest BCUT2D eigenvalue weighted by atomic mass is 9.99. The molecule has 2 nitrogen and oxygen atoms in total. The zero-order valence-corrected chi connectivity index (χ0v) is 11.5. The van der Waals surface area contributed by atoms with E-state index >= 15 is 0 Å². The van der Waals surface area contributed by atoms with E-state index in [2.05, 4.69) is 0 Å². The zero-order chi connectivity index (χ0) is 14.0. The Balaban J connectivity index is 2.18. The van der Waals surface area contributed by atoms with Gasteiger partial charge in [-0.3, -0.25) is 0 Å². The van der Waals surface area contributed by atoms with Crippen LogP contribution in [0.3, 0.4) is 0 Å². The number of hydrogen-bond acceptors (Lipinski definition) is 2. The summed E-state index contributed by atoms with van der Waals surface area (Å²) in [5.41, 5.74) is 6.91. The molecule has 2 rings (SSSR count). The maximum atomic E-state index is 14.1. The molecule has 1 atom stereocenters. The molecule has 0 bridgehead atoms. The highest BCUT2D eigenvalue weighted by molar-refractivity contribution is 5.38. The van der Waals surface area contributed by atoms with Crippen LogP contribution in [0.1, 0.15) is 37.3 Å². The molecular formula is C15H21F2NO. The van der Waals surface area contributed by atoms with E-state index in [1.807, 2.05) is 6.92 Å². The van der Waals surface area contributed by atoms with Crippen molar-refractivity contribution in [2.24, 2.45) is 11.7 Å². The maximum Gasteiger partial charge on any atom is 0.191 e. The molecule has 0 aliphatic heterocycles. The predicted octanol–water partition coefficient (Wildman–Crippen LogP) is 3.34. The molecule has 1 unspecified atom stereocenters. The highest BCUT2D eigenvalue weighted by atomic mass is 19.1. The quantitative estimate of drug-likeness (QED) is 0.859. The Kier molecular flexibility index (Phi) is 4.40. The van der Waals surface area contributed by atoms with Crippen LogP contribution in [0.5, 0.6) is 5.75 Å². The van der Waals surface area contributed by atoms with Crippen molar-refractivity contribution in [3.05, 3.63) is 28.8 Å². The van der Waals surface area contributed by atoms with Crippen molar-refractivity contribution < 1.29 is 13.5 Å². The number of benzene rings is 1. The third-order valence-corrected chi connectivity index (χ3v) is 3.69. The van der Waals surface area contributed by atoms with Gasteiger partial charge in [0.1, 0.15) is 0 Å². The molecule has 1 aliphatic rings. The minimum Gasteiger partial charge on any atom is -0.487 e. The van der Waals surface area contributed by atoms with Crippen molar-refractivity contribution in [2.75, 3.05) is 6.61 Å². The van der Waals surface area contributed by atoms with Crippen LogP contribution in [0.25, 0.3) is 0 Å². The van der Waals surface area contributed by atoms with Gasteiger partial charge in [-0.05, 0) is 55.7 Å². The molecular weight excluding hydrogens is 248 g/mol. The molecule has 0 aromatic heterocycles. The molecule has 1 aromatic rings. The summed E-state index contributed by atoms with van der Waals surface area (Å²) in [7, 11) is 0. The summed E-state index contributed by atoms with van der Waals surface area (Å²) >= 11 is 0. The Morgan fingerprint density at radius 3 is 2.68 bits per heavy atom. The molecule has 2 N–H and O–H groups in total. The Morgan fingerprint density at radius 2 is 2.11 bits per heavy atom. The minimum absolute atomic E-state index is 0.0734. The molecule has 1 fully saturated rings. The van der Waals surface area contributed by atoms with Gasteiger partial charge in [-0.15, -0.1) is 0 Å². The Morgan fingerprint density at radius 1 is 1.42 bits per heavy atom. The first kappa shape index (κ1) is 14.3. The summed E-state index contributed by atoms with van der Waals surface area (Å²) < 4.78 is 33.3. The number of rotatable bonds is 6. The van der Waals surface area contributed by atoms with E-state index in [0.29, 0.717) is 30.1 Å². The number of ether oxygens (including phenoxy) is 1. The second kappa shape index (κ2) is 5.87. The molecule has 19 heavy (non-hydrogen) atoms. The van der Waals surface area contributed by atoms with E-state index < -0.39 is 11.6 Å². The molecule has 4 heteroatoms. The van der Waals surface area contributed by atoms with Gasteiger partial charge in [0, 0.05) is 6.04 Å². The molecule has 1 saturated carbocycles. The third-order valence-electron chi connectivity index (χ3n) is 3.69. The Bertz CT molecular complexity index is 458. The SMILES string of the molecule is CCC(N)Cc1cc(F)c(OCC2CC2)c(F)c1C. The van der Waals surface area contributed by atoms with Crippen molar-refractivity contribution in [3.8, 4) is 5.75 Å². The summed E-state index contributed by atoms with van der Waals surface area (Å²) in [5.74, 6) is -0.980. The van der Waals surface area contributed by atoms with Crippen LogP contribution >= 0.6 is 0 Å². The minimum atomic E-state index is -0.623. The van der Waals surface area contributed by atoms with Crippen molar-refractivity contribution in [1.82, 2.24) is 0 Å². The molecule has 0 heterocycles. The first-order chi connectivity index (χ1) is 9.02. The largest absolute Gasteiger partial charge is 0.487 e. The van der Waals surface area contributed by atoms with Crippen LogP contribution in [0.15, 0.2) is 6.07 Å². The maximum absolute atomic E-state index is 14.1. The average Bonchev–Trinajstić information content (AvgIpc) is 3.19. The van der Waals surface area contributed by atoms with Crippen LogP contribution in [0.4, 0.5) is 8.78 Å². The third kappa shape index (κ3) is 3.44. The standard InChI is InChI=1S/C15H21F2NO/c1-3-12(18)6-11-7-13(16)15(14(17)9(11)2)19-8-10-4-5-10/h7,10,12H,3-6,8,18H2,1-2H3. The first-order valence-electron chi connectivity index (χ1n) is 6.88. The predicted molar refractivity (Wildman–Crippen MR) is 71.3 cm³/mol. The number of hydrogen-bond donors (Lipinski definition) is 1. The van der Waals surface area contributed by atoms with Crippen LogP contribution in [-0.2, 0) is 6.42 Å². The first-order valence-corrected chi connectivity index (χ1v) is 6.88. The fourth-order valence-electron chi connectivity index (χ4n) is 2.00. The van der Waals surface area contributed by atoms with E-state index in [4.69, 9.17) is 10.5 Å². The van der Waals surface area contributed by atoms with Crippen molar-refractivity contribution >= 4 is 0 Å². The fraction of sp³-hybridized carbons (Fsp3) is 0.600. The molecule has 1 aliphatic carbocycles. The van der Waals surface area contributed by atoms with Gasteiger partial charge in [-0.2, -0.15) is 0 Å². The zero-order valence-electron chi connectivity index (χ0n) is 11.5. The number of halogens is 2. The monoisotopic (exact) mass is 269 g/mol. The fourth-order valence-corrected chi connectivity index (χ4v) is 2.00. The van der Waals surface area contributed by atoms with Crippen LogP contribution < -0.4 is 10.5 Å². The molecule has 0 radical (unpaired) electrons. The van der Waals surface area contributed by atoms with Gasteiger partial charge in [0.2, 0.25) is 0 Å². The highest BCUT2D eigenvalue weighted by Crippen LogP contribution is 2.32. The molecule has 1 aromatic carbocycles.